The number of likely N-dealkylation sites (tertiary alicyclic amines) is 1. The summed E-state index contributed by atoms with van der Waals surface area (Å²) in [6.07, 6.45) is 5.43. The summed E-state index contributed by atoms with van der Waals surface area (Å²) in [7, 11) is 0. The molecule has 1 aromatic heterocycles. The predicted molar refractivity (Wildman–Crippen MR) is 88.3 cm³/mol. The number of anilines is 1. The van der Waals surface area contributed by atoms with Gasteiger partial charge in [-0.1, -0.05) is 11.8 Å². The number of aromatic nitrogens is 2. The molecule has 1 aliphatic heterocycles. The van der Waals surface area contributed by atoms with Crippen LogP contribution in [0.25, 0.3) is 0 Å². The van der Waals surface area contributed by atoms with E-state index in [4.69, 9.17) is 4.74 Å². The smallest absolute Gasteiger partial charge is 0.410 e. The van der Waals surface area contributed by atoms with Crippen molar-refractivity contribution in [3.05, 3.63) is 12.3 Å². The van der Waals surface area contributed by atoms with E-state index in [0.717, 1.165) is 30.4 Å². The zero-order chi connectivity index (χ0) is 16.2. The molecule has 122 valence electrons. The molecule has 2 rings (SSSR count). The second-order valence-electron chi connectivity index (χ2n) is 6.28. The molecule has 0 radical (unpaired) electrons. The van der Waals surface area contributed by atoms with E-state index >= 15 is 0 Å². The summed E-state index contributed by atoms with van der Waals surface area (Å²) in [6.45, 7) is 7.09. The van der Waals surface area contributed by atoms with Crippen molar-refractivity contribution in [3.8, 4) is 0 Å². The lowest BCUT2D eigenvalue weighted by atomic mass is 10.2. The number of thioether (sulfide) groups is 1. The van der Waals surface area contributed by atoms with Crippen LogP contribution in [0.5, 0.6) is 0 Å². The molecule has 2 heterocycles. The number of carbonyl (C=O) groups excluding carboxylic acids is 1. The normalized spacial score (nSPS) is 18.4. The Bertz CT molecular complexity index is 519. The average Bonchev–Trinajstić information content (AvgIpc) is 2.92. The Morgan fingerprint density at radius 1 is 1.55 bits per heavy atom. The van der Waals surface area contributed by atoms with Gasteiger partial charge in [0, 0.05) is 19.3 Å². The molecular weight excluding hydrogens is 300 g/mol. The van der Waals surface area contributed by atoms with Gasteiger partial charge in [0.25, 0.3) is 0 Å². The maximum Gasteiger partial charge on any atom is 0.410 e. The van der Waals surface area contributed by atoms with E-state index in [1.807, 2.05) is 38.0 Å². The number of carbonyl (C=O) groups is 1. The first-order chi connectivity index (χ1) is 10.4. The predicted octanol–water partition coefficient (Wildman–Crippen LogP) is 3.01. The SMILES string of the molecule is CSc1nccc(NCC2CCCN2C(=O)OC(C)(C)C)n1. The highest BCUT2D eigenvalue weighted by atomic mass is 32.2. The minimum absolute atomic E-state index is 0.141. The third kappa shape index (κ3) is 4.76. The fourth-order valence-electron chi connectivity index (χ4n) is 2.37. The van der Waals surface area contributed by atoms with Crippen LogP contribution >= 0.6 is 11.8 Å². The van der Waals surface area contributed by atoms with Crippen LogP contribution < -0.4 is 5.32 Å². The highest BCUT2D eigenvalue weighted by Crippen LogP contribution is 2.21. The van der Waals surface area contributed by atoms with Crippen LogP contribution in [-0.4, -0.2) is 51.9 Å². The minimum atomic E-state index is -0.461. The number of hydrogen-bond donors (Lipinski definition) is 1. The van der Waals surface area contributed by atoms with Crippen LogP contribution in [-0.2, 0) is 4.74 Å². The van der Waals surface area contributed by atoms with Gasteiger partial charge in [0.1, 0.15) is 11.4 Å². The molecule has 0 bridgehead atoms. The van der Waals surface area contributed by atoms with Crippen molar-refractivity contribution in [2.45, 2.75) is 50.4 Å². The molecule has 1 aromatic rings. The lowest BCUT2D eigenvalue weighted by molar-refractivity contribution is 0.0235. The minimum Gasteiger partial charge on any atom is -0.444 e. The topological polar surface area (TPSA) is 67.4 Å². The van der Waals surface area contributed by atoms with Crippen molar-refractivity contribution >= 4 is 23.7 Å². The molecule has 1 atom stereocenters. The van der Waals surface area contributed by atoms with Crippen molar-refractivity contribution in [1.29, 1.82) is 0 Å². The van der Waals surface area contributed by atoms with Crippen molar-refractivity contribution < 1.29 is 9.53 Å². The fourth-order valence-corrected chi connectivity index (χ4v) is 2.72. The van der Waals surface area contributed by atoms with E-state index in [1.54, 1.807) is 6.20 Å². The summed E-state index contributed by atoms with van der Waals surface area (Å²) < 4.78 is 5.47. The third-order valence-electron chi connectivity index (χ3n) is 3.34. The number of hydrogen-bond acceptors (Lipinski definition) is 6. The lowest BCUT2D eigenvalue weighted by Gasteiger charge is -2.28. The van der Waals surface area contributed by atoms with Gasteiger partial charge in [-0.3, -0.25) is 0 Å². The van der Waals surface area contributed by atoms with E-state index in [-0.39, 0.29) is 12.1 Å². The van der Waals surface area contributed by atoms with Gasteiger partial charge in [0.15, 0.2) is 5.16 Å². The summed E-state index contributed by atoms with van der Waals surface area (Å²) >= 11 is 1.51. The monoisotopic (exact) mass is 324 g/mol. The maximum atomic E-state index is 12.2. The first-order valence-electron chi connectivity index (χ1n) is 7.49. The first-order valence-corrected chi connectivity index (χ1v) is 8.72. The quantitative estimate of drug-likeness (QED) is 0.678. The summed E-state index contributed by atoms with van der Waals surface area (Å²) in [5.74, 6) is 0.787. The number of nitrogens with one attached hydrogen (secondary N) is 1. The van der Waals surface area contributed by atoms with E-state index in [1.165, 1.54) is 11.8 Å². The molecule has 1 saturated heterocycles. The van der Waals surface area contributed by atoms with Gasteiger partial charge >= 0.3 is 6.09 Å². The molecule has 22 heavy (non-hydrogen) atoms. The first kappa shape index (κ1) is 16.9. The van der Waals surface area contributed by atoms with Gasteiger partial charge in [-0.05, 0) is 45.9 Å². The summed E-state index contributed by atoms with van der Waals surface area (Å²) in [4.78, 5) is 22.6. The molecule has 0 aromatic carbocycles. The van der Waals surface area contributed by atoms with Crippen LogP contribution in [0, 0.1) is 0 Å². The number of nitrogens with zero attached hydrogens (tertiary/aromatic N) is 3. The lowest BCUT2D eigenvalue weighted by Crippen LogP contribution is -2.42. The van der Waals surface area contributed by atoms with Crippen molar-refractivity contribution in [2.24, 2.45) is 0 Å². The van der Waals surface area contributed by atoms with Gasteiger partial charge < -0.3 is 15.0 Å². The third-order valence-corrected chi connectivity index (χ3v) is 3.90. The molecule has 0 saturated carbocycles. The van der Waals surface area contributed by atoms with Crippen LogP contribution in [0.15, 0.2) is 17.4 Å². The molecule has 0 aliphatic carbocycles. The molecule has 7 heteroatoms. The van der Waals surface area contributed by atoms with E-state index in [0.29, 0.717) is 6.54 Å². The van der Waals surface area contributed by atoms with E-state index < -0.39 is 5.60 Å². The molecular formula is C15H24N4O2S. The maximum absolute atomic E-state index is 12.2. The van der Waals surface area contributed by atoms with Crippen LogP contribution in [0.1, 0.15) is 33.6 Å². The Balaban J connectivity index is 1.92. The van der Waals surface area contributed by atoms with Gasteiger partial charge in [0.2, 0.25) is 0 Å². The Morgan fingerprint density at radius 2 is 2.32 bits per heavy atom. The summed E-state index contributed by atoms with van der Waals surface area (Å²) in [6, 6.07) is 1.98. The summed E-state index contributed by atoms with van der Waals surface area (Å²) in [5, 5.41) is 4.03. The molecule has 1 N–H and O–H groups in total. The Labute approximate surface area is 136 Å². The zero-order valence-corrected chi connectivity index (χ0v) is 14.4. The molecule has 1 amide bonds. The number of rotatable bonds is 4. The fraction of sp³-hybridized carbons (Fsp3) is 0.667. The van der Waals surface area contributed by atoms with Gasteiger partial charge in [-0.15, -0.1) is 0 Å². The van der Waals surface area contributed by atoms with Gasteiger partial charge in [-0.25, -0.2) is 14.8 Å². The molecule has 0 spiro atoms. The summed E-state index contributed by atoms with van der Waals surface area (Å²) in [5.41, 5.74) is -0.461. The molecule has 1 aliphatic rings. The van der Waals surface area contributed by atoms with Gasteiger partial charge in [-0.2, -0.15) is 0 Å². The highest BCUT2D eigenvalue weighted by molar-refractivity contribution is 7.98. The van der Waals surface area contributed by atoms with Crippen LogP contribution in [0.2, 0.25) is 0 Å². The Hall–Kier alpha value is -1.50. The van der Waals surface area contributed by atoms with Crippen molar-refractivity contribution in [1.82, 2.24) is 14.9 Å². The van der Waals surface area contributed by atoms with E-state index in [2.05, 4.69) is 15.3 Å². The van der Waals surface area contributed by atoms with Crippen LogP contribution in [0.4, 0.5) is 10.6 Å². The molecule has 1 fully saturated rings. The average molecular weight is 324 g/mol. The largest absolute Gasteiger partial charge is 0.444 e. The second-order valence-corrected chi connectivity index (χ2v) is 7.05. The van der Waals surface area contributed by atoms with Crippen LogP contribution in [0.3, 0.4) is 0 Å². The van der Waals surface area contributed by atoms with Crippen molar-refractivity contribution in [2.75, 3.05) is 24.7 Å². The highest BCUT2D eigenvalue weighted by Gasteiger charge is 2.31. The zero-order valence-electron chi connectivity index (χ0n) is 13.6. The van der Waals surface area contributed by atoms with E-state index in [9.17, 15) is 4.79 Å². The van der Waals surface area contributed by atoms with Crippen molar-refractivity contribution in [3.63, 3.8) is 0 Å². The van der Waals surface area contributed by atoms with Gasteiger partial charge in [0.05, 0.1) is 6.04 Å². The number of ether oxygens (including phenoxy) is 1. The Morgan fingerprint density at radius 3 is 3.00 bits per heavy atom. The standard InChI is InChI=1S/C15H24N4O2S/c1-15(2,3)21-14(20)19-9-5-6-11(19)10-17-12-7-8-16-13(18-12)22-4/h7-8,11H,5-6,9-10H2,1-4H3,(H,16,17,18). The molecule has 1 unspecified atom stereocenters. The second kappa shape index (κ2) is 7.17. The Kier molecular flexibility index (Phi) is 5.50. The molecule has 6 nitrogen and oxygen atoms in total. The number of amides is 1.